The van der Waals surface area contributed by atoms with Gasteiger partial charge in [-0.15, -0.1) is 6.42 Å². The van der Waals surface area contributed by atoms with E-state index in [2.05, 4.69) is 11.2 Å². The average Bonchev–Trinajstić information content (AvgIpc) is 3.13. The predicted molar refractivity (Wildman–Crippen MR) is 100 cm³/mol. The smallest absolute Gasteiger partial charge is 0.408 e. The second kappa shape index (κ2) is 7.21. The highest BCUT2D eigenvalue weighted by molar-refractivity contribution is 5.87. The number of amides is 2. The van der Waals surface area contributed by atoms with E-state index in [1.54, 1.807) is 25.7 Å². The summed E-state index contributed by atoms with van der Waals surface area (Å²) in [4.78, 5) is 27.4. The highest BCUT2D eigenvalue weighted by atomic mass is 16.7. The highest BCUT2D eigenvalue weighted by Gasteiger charge is 2.67. The zero-order valence-electron chi connectivity index (χ0n) is 17.4. The lowest BCUT2D eigenvalue weighted by Crippen LogP contribution is -2.64. The molecule has 8 heteroatoms. The number of rotatable bonds is 3. The normalized spacial score (nSPS) is 36.5. The van der Waals surface area contributed by atoms with Gasteiger partial charge in [0.05, 0.1) is 18.1 Å². The summed E-state index contributed by atoms with van der Waals surface area (Å²) in [6, 6.07) is -1.38. The van der Waals surface area contributed by atoms with Gasteiger partial charge in [0.1, 0.15) is 24.3 Å². The molecule has 0 bridgehead atoms. The number of methoxy groups -OCH3 is 2. The van der Waals surface area contributed by atoms with Gasteiger partial charge in [-0.3, -0.25) is 4.79 Å². The van der Waals surface area contributed by atoms with Gasteiger partial charge in [0.25, 0.3) is 0 Å². The van der Waals surface area contributed by atoms with Crippen LogP contribution in [0.5, 0.6) is 0 Å². The standard InChI is InChI=1S/C20H30N2O6/c1-8-12-14-11(2)9-13(21-18(24)28-19(3,4)5)17(23)22(14)16-15(12)27-10-20(16,25-6)26-7/h1,11-16H,9-10H2,2-7H3,(H,21,24)/t11?,12-,13+,14?,15?,16?/m1/s1. The van der Waals surface area contributed by atoms with Crippen LogP contribution < -0.4 is 5.32 Å². The van der Waals surface area contributed by atoms with Crippen LogP contribution in [0.15, 0.2) is 0 Å². The van der Waals surface area contributed by atoms with E-state index in [1.165, 1.54) is 14.2 Å². The topological polar surface area (TPSA) is 86.3 Å². The Bertz CT molecular complexity index is 677. The van der Waals surface area contributed by atoms with Gasteiger partial charge >= 0.3 is 6.09 Å². The molecular formula is C20H30N2O6. The first kappa shape index (κ1) is 20.9. The van der Waals surface area contributed by atoms with E-state index in [-0.39, 0.29) is 36.5 Å². The molecule has 0 aliphatic carbocycles. The third-order valence-corrected chi connectivity index (χ3v) is 5.90. The Kier molecular flexibility index (Phi) is 5.38. The maximum Gasteiger partial charge on any atom is 0.408 e. The number of carbonyl (C=O) groups is 2. The van der Waals surface area contributed by atoms with E-state index in [1.807, 2.05) is 6.92 Å². The molecule has 0 aromatic heterocycles. The molecule has 2 amide bonds. The van der Waals surface area contributed by atoms with Crippen molar-refractivity contribution in [2.24, 2.45) is 11.8 Å². The number of nitrogens with zero attached hydrogens (tertiary/aromatic N) is 1. The summed E-state index contributed by atoms with van der Waals surface area (Å²) in [6.07, 6.45) is 5.31. The van der Waals surface area contributed by atoms with Crippen molar-refractivity contribution < 1.29 is 28.5 Å². The largest absolute Gasteiger partial charge is 0.444 e. The van der Waals surface area contributed by atoms with Gasteiger partial charge in [0.2, 0.25) is 11.7 Å². The zero-order valence-corrected chi connectivity index (χ0v) is 17.4. The molecule has 3 saturated heterocycles. The molecule has 3 aliphatic heterocycles. The molecule has 6 atom stereocenters. The first-order valence-corrected chi connectivity index (χ1v) is 9.58. The molecule has 156 valence electrons. The number of nitrogens with one attached hydrogen (secondary N) is 1. The Balaban J connectivity index is 1.89. The van der Waals surface area contributed by atoms with Crippen LogP contribution in [0.4, 0.5) is 4.79 Å². The number of carbonyl (C=O) groups excluding carboxylic acids is 2. The number of ether oxygens (including phenoxy) is 4. The molecule has 3 aliphatic rings. The van der Waals surface area contributed by atoms with Gasteiger partial charge in [0.15, 0.2) is 0 Å². The molecular weight excluding hydrogens is 364 g/mol. The van der Waals surface area contributed by atoms with Gasteiger partial charge in [-0.1, -0.05) is 12.8 Å². The quantitative estimate of drug-likeness (QED) is 0.571. The number of terminal acetylenes is 1. The Morgan fingerprint density at radius 1 is 1.36 bits per heavy atom. The molecule has 0 aromatic rings. The highest BCUT2D eigenvalue weighted by Crippen LogP contribution is 2.48. The maximum absolute atomic E-state index is 13.4. The zero-order chi connectivity index (χ0) is 20.9. The van der Waals surface area contributed by atoms with Gasteiger partial charge in [0, 0.05) is 14.2 Å². The first-order chi connectivity index (χ1) is 13.1. The van der Waals surface area contributed by atoms with E-state index in [4.69, 9.17) is 25.4 Å². The second-order valence-corrected chi connectivity index (χ2v) is 8.78. The lowest BCUT2D eigenvalue weighted by atomic mass is 9.82. The Hall–Kier alpha value is -1.82. The summed E-state index contributed by atoms with van der Waals surface area (Å²) >= 11 is 0. The van der Waals surface area contributed by atoms with Crippen LogP contribution >= 0.6 is 0 Å². The molecule has 8 nitrogen and oxygen atoms in total. The fraction of sp³-hybridized carbons (Fsp3) is 0.800. The number of hydrogen-bond acceptors (Lipinski definition) is 6. The molecule has 0 aromatic carbocycles. The van der Waals surface area contributed by atoms with Gasteiger partial charge in [-0.2, -0.15) is 0 Å². The molecule has 28 heavy (non-hydrogen) atoms. The van der Waals surface area contributed by atoms with Crippen LogP contribution in [0, 0.1) is 24.2 Å². The van der Waals surface area contributed by atoms with Gasteiger partial charge in [-0.05, 0) is 33.1 Å². The minimum absolute atomic E-state index is 0.0549. The molecule has 3 heterocycles. The third kappa shape index (κ3) is 3.25. The summed E-state index contributed by atoms with van der Waals surface area (Å²) in [6.45, 7) is 7.54. The summed E-state index contributed by atoms with van der Waals surface area (Å²) in [5.74, 6) is 1.30. The SMILES string of the molecule is C#C[C@H]1C2OCC(OC)(OC)C2N2C(=O)[C@@H](NC(=O)OC(C)(C)C)CC(C)C12. The summed E-state index contributed by atoms with van der Waals surface area (Å²) in [5.41, 5.74) is -0.649. The molecule has 1 N–H and O–H groups in total. The van der Waals surface area contributed by atoms with Crippen molar-refractivity contribution in [1.29, 1.82) is 0 Å². The van der Waals surface area contributed by atoms with E-state index in [9.17, 15) is 9.59 Å². The van der Waals surface area contributed by atoms with Crippen molar-refractivity contribution in [3.8, 4) is 12.3 Å². The minimum Gasteiger partial charge on any atom is -0.444 e. The van der Waals surface area contributed by atoms with Crippen LogP contribution in [0.2, 0.25) is 0 Å². The monoisotopic (exact) mass is 394 g/mol. The van der Waals surface area contributed by atoms with Crippen molar-refractivity contribution >= 4 is 12.0 Å². The van der Waals surface area contributed by atoms with Crippen molar-refractivity contribution in [1.82, 2.24) is 10.2 Å². The minimum atomic E-state index is -1.09. The fourth-order valence-electron chi connectivity index (χ4n) is 4.77. The molecule has 3 fully saturated rings. The summed E-state index contributed by atoms with van der Waals surface area (Å²) in [5, 5.41) is 2.72. The van der Waals surface area contributed by atoms with Crippen molar-refractivity contribution in [2.75, 3.05) is 20.8 Å². The van der Waals surface area contributed by atoms with E-state index in [0.29, 0.717) is 6.42 Å². The van der Waals surface area contributed by atoms with E-state index in [0.717, 1.165) is 0 Å². The Morgan fingerprint density at radius 3 is 2.54 bits per heavy atom. The lowest BCUT2D eigenvalue weighted by molar-refractivity contribution is -0.232. The number of hydrogen-bond donors (Lipinski definition) is 1. The van der Waals surface area contributed by atoms with E-state index >= 15 is 0 Å². The number of fused-ring (bicyclic) bond motifs is 3. The molecule has 4 unspecified atom stereocenters. The van der Waals surface area contributed by atoms with E-state index < -0.39 is 29.6 Å². The van der Waals surface area contributed by atoms with Crippen LogP contribution in [-0.2, 0) is 23.7 Å². The third-order valence-electron chi connectivity index (χ3n) is 5.90. The van der Waals surface area contributed by atoms with Gasteiger partial charge < -0.3 is 29.2 Å². The second-order valence-electron chi connectivity index (χ2n) is 8.78. The Labute approximate surface area is 166 Å². The summed E-state index contributed by atoms with van der Waals surface area (Å²) < 4.78 is 22.6. The van der Waals surface area contributed by atoms with Crippen LogP contribution in [-0.4, -0.2) is 73.3 Å². The lowest BCUT2D eigenvalue weighted by Gasteiger charge is -2.45. The Morgan fingerprint density at radius 2 is 2.00 bits per heavy atom. The van der Waals surface area contributed by atoms with Crippen molar-refractivity contribution in [2.45, 2.75) is 69.7 Å². The predicted octanol–water partition coefficient (Wildman–Crippen LogP) is 1.14. The molecule has 0 radical (unpaired) electrons. The van der Waals surface area contributed by atoms with Crippen molar-refractivity contribution in [3.05, 3.63) is 0 Å². The molecule has 3 rings (SSSR count). The van der Waals surface area contributed by atoms with Gasteiger partial charge in [-0.25, -0.2) is 4.79 Å². The fourth-order valence-corrected chi connectivity index (χ4v) is 4.77. The van der Waals surface area contributed by atoms with Crippen LogP contribution in [0.3, 0.4) is 0 Å². The average molecular weight is 394 g/mol. The van der Waals surface area contributed by atoms with Crippen LogP contribution in [0.25, 0.3) is 0 Å². The molecule has 0 saturated carbocycles. The summed E-state index contributed by atoms with van der Waals surface area (Å²) in [7, 11) is 3.06. The first-order valence-electron chi connectivity index (χ1n) is 9.58. The molecule has 0 spiro atoms. The van der Waals surface area contributed by atoms with Crippen molar-refractivity contribution in [3.63, 3.8) is 0 Å². The maximum atomic E-state index is 13.4. The number of piperidine rings is 1. The van der Waals surface area contributed by atoms with Crippen LogP contribution in [0.1, 0.15) is 34.1 Å². The number of alkyl carbamates (subject to hydrolysis) is 1.